The summed E-state index contributed by atoms with van der Waals surface area (Å²) in [6.45, 7) is 0. The summed E-state index contributed by atoms with van der Waals surface area (Å²) in [6, 6.07) is 1.25. The average molecular weight is 318 g/mol. The van der Waals surface area contributed by atoms with Crippen LogP contribution >= 0.6 is 11.6 Å². The Bertz CT molecular complexity index is 600. The average Bonchev–Trinajstić information content (AvgIpc) is 2.26. The Morgan fingerprint density at radius 3 is 2.32 bits per heavy atom. The quantitative estimate of drug-likeness (QED) is 0.486. The monoisotopic (exact) mass is 317 g/mol. The third-order valence-corrected chi connectivity index (χ3v) is 4.33. The molecule has 0 N–H and O–H groups in total. The Kier molecular flexibility index (Phi) is 4.41. The molecule has 0 bridgehead atoms. The van der Waals surface area contributed by atoms with Gasteiger partial charge in [0.15, 0.2) is 9.84 Å². The normalized spacial score (nSPS) is 12.4. The third-order valence-electron chi connectivity index (χ3n) is 2.16. The zero-order valence-electron chi connectivity index (χ0n) is 9.15. The molecule has 1 aromatic carbocycles. The summed E-state index contributed by atoms with van der Waals surface area (Å²) in [5.41, 5.74) is -2.40. The van der Waals surface area contributed by atoms with Crippen molar-refractivity contribution in [3.63, 3.8) is 0 Å². The number of benzene rings is 1. The second-order valence-electron chi connectivity index (χ2n) is 3.45. The lowest BCUT2D eigenvalue weighted by atomic mass is 10.2. The van der Waals surface area contributed by atoms with Crippen LogP contribution in [0.5, 0.6) is 0 Å². The van der Waals surface area contributed by atoms with E-state index in [4.69, 9.17) is 11.6 Å². The van der Waals surface area contributed by atoms with E-state index < -0.39 is 42.8 Å². The van der Waals surface area contributed by atoms with Crippen molar-refractivity contribution < 1.29 is 26.5 Å². The summed E-state index contributed by atoms with van der Waals surface area (Å²) in [6.07, 6.45) is -4.79. The summed E-state index contributed by atoms with van der Waals surface area (Å²) in [7, 11) is -4.09. The van der Waals surface area contributed by atoms with Gasteiger partial charge in [0.25, 0.3) is 5.69 Å². The van der Waals surface area contributed by atoms with E-state index in [1.54, 1.807) is 0 Å². The second-order valence-corrected chi connectivity index (χ2v) is 5.90. The largest absolute Gasteiger partial charge is 0.416 e. The summed E-state index contributed by atoms with van der Waals surface area (Å²) in [5.74, 6) is -0.915. The molecule has 0 aliphatic carbocycles. The first kappa shape index (κ1) is 15.7. The van der Waals surface area contributed by atoms with Crippen LogP contribution in [0.15, 0.2) is 23.1 Å². The lowest BCUT2D eigenvalue weighted by Crippen LogP contribution is -2.12. The fourth-order valence-electron chi connectivity index (χ4n) is 1.31. The minimum atomic E-state index is -4.79. The third kappa shape index (κ3) is 3.57. The number of nitro benzene ring substituents is 1. The fraction of sp³-hybridized carbons (Fsp3) is 0.333. The van der Waals surface area contributed by atoms with Crippen LogP contribution in [0.2, 0.25) is 0 Å². The van der Waals surface area contributed by atoms with Crippen molar-refractivity contribution in [2.75, 3.05) is 11.6 Å². The Morgan fingerprint density at radius 1 is 1.32 bits per heavy atom. The molecule has 10 heteroatoms. The molecule has 1 rings (SSSR count). The number of rotatable bonds is 4. The molecule has 1 aromatic rings. The molecule has 19 heavy (non-hydrogen) atoms. The van der Waals surface area contributed by atoms with Crippen LogP contribution < -0.4 is 0 Å². The van der Waals surface area contributed by atoms with Crippen LogP contribution in [0.25, 0.3) is 0 Å². The molecule has 0 aliphatic rings. The maximum Gasteiger partial charge on any atom is 0.416 e. The first-order chi connectivity index (χ1) is 8.59. The van der Waals surface area contributed by atoms with E-state index in [2.05, 4.69) is 0 Å². The fourth-order valence-corrected chi connectivity index (χ4v) is 3.07. The van der Waals surface area contributed by atoms with Crippen LogP contribution in [0, 0.1) is 10.1 Å². The standard InChI is InChI=1S/C9H7ClF3NO4S/c10-3-4-19(17,18)8-2-1-6(9(11,12)13)5-7(8)14(15)16/h1-2,5H,3-4H2. The predicted molar refractivity (Wildman–Crippen MR) is 60.9 cm³/mol. The van der Waals surface area contributed by atoms with Gasteiger partial charge in [-0.2, -0.15) is 13.2 Å². The highest BCUT2D eigenvalue weighted by atomic mass is 35.5. The van der Waals surface area contributed by atoms with E-state index >= 15 is 0 Å². The zero-order valence-corrected chi connectivity index (χ0v) is 10.7. The molecule has 0 aliphatic heterocycles. The van der Waals surface area contributed by atoms with Crippen LogP contribution in [-0.2, 0) is 16.0 Å². The SMILES string of the molecule is O=[N+]([O-])c1cc(C(F)(F)F)ccc1S(=O)(=O)CCCl. The van der Waals surface area contributed by atoms with E-state index in [0.717, 1.165) is 0 Å². The Balaban J connectivity index is 3.48. The van der Waals surface area contributed by atoms with Crippen molar-refractivity contribution in [1.82, 2.24) is 0 Å². The molecule has 0 aromatic heterocycles. The number of halogens is 4. The maximum absolute atomic E-state index is 12.4. The van der Waals surface area contributed by atoms with Crippen molar-refractivity contribution in [2.24, 2.45) is 0 Å². The molecule has 0 heterocycles. The summed E-state index contributed by atoms with van der Waals surface area (Å²) in [5, 5.41) is 10.7. The van der Waals surface area contributed by atoms with E-state index in [0.29, 0.717) is 12.1 Å². The first-order valence-electron chi connectivity index (χ1n) is 4.74. The van der Waals surface area contributed by atoms with Gasteiger partial charge in [-0.15, -0.1) is 11.6 Å². The van der Waals surface area contributed by atoms with Crippen molar-refractivity contribution in [2.45, 2.75) is 11.1 Å². The number of hydrogen-bond acceptors (Lipinski definition) is 4. The van der Waals surface area contributed by atoms with Gasteiger partial charge in [0.1, 0.15) is 4.90 Å². The van der Waals surface area contributed by atoms with Crippen LogP contribution in [0.3, 0.4) is 0 Å². The Morgan fingerprint density at radius 2 is 1.89 bits per heavy atom. The van der Waals surface area contributed by atoms with E-state index in [1.807, 2.05) is 0 Å². The number of alkyl halides is 4. The van der Waals surface area contributed by atoms with Crippen LogP contribution in [-0.4, -0.2) is 25.0 Å². The molecule has 5 nitrogen and oxygen atoms in total. The molecule has 0 saturated heterocycles. The minimum absolute atomic E-state index is 0.196. The van der Waals surface area contributed by atoms with Crippen molar-refractivity contribution in [3.8, 4) is 0 Å². The second kappa shape index (κ2) is 5.33. The molecule has 0 unspecified atom stereocenters. The topological polar surface area (TPSA) is 77.3 Å². The number of nitro groups is 1. The molecule has 106 valence electrons. The maximum atomic E-state index is 12.4. The summed E-state index contributed by atoms with van der Waals surface area (Å²) >= 11 is 5.24. The van der Waals surface area contributed by atoms with Crippen LogP contribution in [0.1, 0.15) is 5.56 Å². The highest BCUT2D eigenvalue weighted by Gasteiger charge is 2.35. The van der Waals surface area contributed by atoms with Gasteiger partial charge in [0.2, 0.25) is 0 Å². The molecular weight excluding hydrogens is 311 g/mol. The van der Waals surface area contributed by atoms with Gasteiger partial charge in [-0.05, 0) is 12.1 Å². The highest BCUT2D eigenvalue weighted by Crippen LogP contribution is 2.34. The number of hydrogen-bond donors (Lipinski definition) is 0. The predicted octanol–water partition coefficient (Wildman–Crippen LogP) is 2.63. The van der Waals surface area contributed by atoms with Gasteiger partial charge in [0, 0.05) is 11.9 Å². The van der Waals surface area contributed by atoms with Crippen molar-refractivity contribution in [1.29, 1.82) is 0 Å². The lowest BCUT2D eigenvalue weighted by Gasteiger charge is -2.08. The van der Waals surface area contributed by atoms with E-state index in [9.17, 15) is 31.7 Å². The van der Waals surface area contributed by atoms with E-state index in [-0.39, 0.29) is 11.9 Å². The molecule has 0 atom stereocenters. The Hall–Kier alpha value is -1.35. The molecule has 0 saturated carbocycles. The number of sulfone groups is 1. The highest BCUT2D eigenvalue weighted by molar-refractivity contribution is 7.91. The molecule has 0 spiro atoms. The van der Waals surface area contributed by atoms with Gasteiger partial charge in [-0.3, -0.25) is 10.1 Å². The molecular formula is C9H7ClF3NO4S. The Labute approximate surface area is 111 Å². The number of nitrogens with zero attached hydrogens (tertiary/aromatic N) is 1. The van der Waals surface area contributed by atoms with Gasteiger partial charge >= 0.3 is 6.18 Å². The van der Waals surface area contributed by atoms with Crippen molar-refractivity contribution in [3.05, 3.63) is 33.9 Å². The van der Waals surface area contributed by atoms with Gasteiger partial charge in [0.05, 0.1) is 16.2 Å². The van der Waals surface area contributed by atoms with Gasteiger partial charge in [-0.25, -0.2) is 8.42 Å². The minimum Gasteiger partial charge on any atom is -0.258 e. The van der Waals surface area contributed by atoms with Gasteiger partial charge < -0.3 is 0 Å². The molecule has 0 amide bonds. The molecule has 0 radical (unpaired) electrons. The van der Waals surface area contributed by atoms with Crippen LogP contribution in [0.4, 0.5) is 18.9 Å². The zero-order chi connectivity index (χ0) is 14.8. The van der Waals surface area contributed by atoms with E-state index in [1.165, 1.54) is 0 Å². The van der Waals surface area contributed by atoms with Crippen molar-refractivity contribution >= 4 is 27.1 Å². The smallest absolute Gasteiger partial charge is 0.258 e. The lowest BCUT2D eigenvalue weighted by molar-refractivity contribution is -0.388. The van der Waals surface area contributed by atoms with Gasteiger partial charge in [-0.1, -0.05) is 0 Å². The summed E-state index contributed by atoms with van der Waals surface area (Å²) in [4.78, 5) is 8.75. The first-order valence-corrected chi connectivity index (χ1v) is 6.92. The molecule has 0 fully saturated rings. The summed E-state index contributed by atoms with van der Waals surface area (Å²) < 4.78 is 60.5.